The van der Waals surface area contributed by atoms with Crippen molar-refractivity contribution >= 4 is 0 Å². The summed E-state index contributed by atoms with van der Waals surface area (Å²) in [6.07, 6.45) is 0. The van der Waals surface area contributed by atoms with E-state index >= 15 is 0 Å². The van der Waals surface area contributed by atoms with Crippen LogP contribution in [0.15, 0.2) is 285 Å². The van der Waals surface area contributed by atoms with Gasteiger partial charge in [-0.05, 0) is 56.1 Å². The van der Waals surface area contributed by atoms with E-state index in [1.54, 1.807) is 0 Å². The largest absolute Gasteiger partial charge is 0.246 e. The Morgan fingerprint density at radius 3 is 0.736 bits per heavy atom. The lowest BCUT2D eigenvalue weighted by atomic mass is 9.83. The zero-order chi connectivity index (χ0) is 48.1. The van der Waals surface area contributed by atoms with E-state index in [2.05, 4.69) is 273 Å². The first-order chi connectivity index (χ1) is 35.7. The van der Waals surface area contributed by atoms with Gasteiger partial charge in [0.25, 0.3) is 0 Å². The Balaban J connectivity index is 0.946. The molecule has 12 aromatic rings. The second-order valence-corrected chi connectivity index (χ2v) is 17.9. The molecular weight excluding hydrogens is 871 g/mol. The highest BCUT2D eigenvalue weighted by atomic mass is 14.9. The van der Waals surface area contributed by atoms with Gasteiger partial charge in [0, 0.05) is 44.5 Å². The average molecular weight is 918 g/mol. The number of aromatic nitrogens is 3. The number of rotatable bonds is 11. The van der Waals surface area contributed by atoms with Crippen molar-refractivity contribution in [2.75, 3.05) is 0 Å². The van der Waals surface area contributed by atoms with Gasteiger partial charge >= 0.3 is 0 Å². The minimum atomic E-state index is 0.681. The molecule has 0 radical (unpaired) electrons. The normalized spacial score (nSPS) is 11.1. The van der Waals surface area contributed by atoms with Crippen molar-refractivity contribution in [2.24, 2.45) is 0 Å². The molecule has 0 N–H and O–H groups in total. The predicted octanol–water partition coefficient (Wildman–Crippen LogP) is 18.2. The fourth-order valence-corrected chi connectivity index (χ4v) is 9.70. The highest BCUT2D eigenvalue weighted by molar-refractivity contribution is 6.05. The van der Waals surface area contributed by atoms with Gasteiger partial charge in [-0.2, -0.15) is 0 Å². The van der Waals surface area contributed by atoms with Gasteiger partial charge in [-0.3, -0.25) is 0 Å². The molecule has 338 valence electrons. The van der Waals surface area contributed by atoms with Gasteiger partial charge in [-0.25, -0.2) is 15.0 Å². The lowest BCUT2D eigenvalue weighted by Crippen LogP contribution is -2.01. The molecule has 0 saturated heterocycles. The van der Waals surface area contributed by atoms with E-state index in [1.165, 1.54) is 11.1 Å². The molecule has 72 heavy (non-hydrogen) atoms. The third kappa shape index (κ3) is 8.95. The Labute approximate surface area is 421 Å². The van der Waals surface area contributed by atoms with Gasteiger partial charge in [0.2, 0.25) is 0 Å². The van der Waals surface area contributed by atoms with Crippen LogP contribution in [0, 0.1) is 0 Å². The first-order valence-electron chi connectivity index (χ1n) is 24.4. The third-order valence-corrected chi connectivity index (χ3v) is 13.4. The molecule has 10 aromatic carbocycles. The van der Waals surface area contributed by atoms with Crippen molar-refractivity contribution in [1.29, 1.82) is 0 Å². The molecule has 0 fully saturated rings. The molecule has 0 aliphatic carbocycles. The van der Waals surface area contributed by atoms with Crippen LogP contribution in [0.25, 0.3) is 123 Å². The number of nitrogens with zero attached hydrogens (tertiary/aromatic N) is 3. The van der Waals surface area contributed by atoms with Crippen LogP contribution in [0.4, 0.5) is 0 Å². The maximum atomic E-state index is 5.62. The molecule has 0 saturated carbocycles. The summed E-state index contributed by atoms with van der Waals surface area (Å²) in [5.41, 5.74) is 22.3. The minimum Gasteiger partial charge on any atom is -0.246 e. The van der Waals surface area contributed by atoms with E-state index in [0.29, 0.717) is 5.82 Å². The summed E-state index contributed by atoms with van der Waals surface area (Å²) in [6.45, 7) is 0. The van der Waals surface area contributed by atoms with Gasteiger partial charge in [0.1, 0.15) is 0 Å². The van der Waals surface area contributed by atoms with Crippen molar-refractivity contribution < 1.29 is 0 Å². The molecule has 2 heterocycles. The Kier molecular flexibility index (Phi) is 12.0. The van der Waals surface area contributed by atoms with Crippen LogP contribution >= 0.6 is 0 Å². The summed E-state index contributed by atoms with van der Waals surface area (Å²) >= 11 is 0. The van der Waals surface area contributed by atoms with Crippen LogP contribution in [0.5, 0.6) is 0 Å². The van der Waals surface area contributed by atoms with E-state index in [-0.39, 0.29) is 0 Å². The molecule has 0 aliphatic heterocycles. The third-order valence-electron chi connectivity index (χ3n) is 13.4. The topological polar surface area (TPSA) is 38.7 Å². The minimum absolute atomic E-state index is 0.681. The van der Waals surface area contributed by atoms with Crippen LogP contribution in [-0.2, 0) is 0 Å². The second-order valence-electron chi connectivity index (χ2n) is 17.9. The Bertz CT molecular complexity index is 3550. The van der Waals surface area contributed by atoms with Gasteiger partial charge < -0.3 is 0 Å². The maximum Gasteiger partial charge on any atom is 0.160 e. The summed E-state index contributed by atoms with van der Waals surface area (Å²) in [4.78, 5) is 16.0. The molecule has 0 unspecified atom stereocenters. The first kappa shape index (κ1) is 43.7. The molecule has 0 bridgehead atoms. The number of pyridine rings is 1. The molecule has 0 amide bonds. The SMILES string of the molecule is c1ccc(-c2ccc(-c3cc(-c4ccc(-c5ccc(-c6c(-c7ccccc7)c(-c7ccccc7)nc(-c7ccccc7)c6-c6ccccc6)cc5)cc4)nc(-c4ccc(-c5ccccc5)cc4)n3)cc2)cc1. The summed E-state index contributed by atoms with van der Waals surface area (Å²) in [7, 11) is 0. The predicted molar refractivity (Wildman–Crippen MR) is 300 cm³/mol. The monoisotopic (exact) mass is 917 g/mol. The second kappa shape index (κ2) is 19.8. The van der Waals surface area contributed by atoms with E-state index < -0.39 is 0 Å². The Morgan fingerprint density at radius 1 is 0.167 bits per heavy atom. The summed E-state index contributed by atoms with van der Waals surface area (Å²) in [5, 5.41) is 0. The van der Waals surface area contributed by atoms with Crippen molar-refractivity contribution in [3.8, 4) is 123 Å². The zero-order valence-corrected chi connectivity index (χ0v) is 39.5. The van der Waals surface area contributed by atoms with Crippen LogP contribution in [0.2, 0.25) is 0 Å². The molecular formula is C69H47N3. The quantitative estimate of drug-likeness (QED) is 0.130. The molecule has 12 rings (SSSR count). The Hall–Kier alpha value is -9.57. The molecule has 2 aromatic heterocycles. The lowest BCUT2D eigenvalue weighted by Gasteiger charge is -2.23. The maximum absolute atomic E-state index is 5.62. The van der Waals surface area contributed by atoms with Crippen molar-refractivity contribution in [3.05, 3.63) is 285 Å². The molecule has 0 spiro atoms. The number of hydrogen-bond acceptors (Lipinski definition) is 3. The average Bonchev–Trinajstić information content (AvgIpc) is 3.48. The van der Waals surface area contributed by atoms with Gasteiger partial charge in [-0.1, -0.05) is 279 Å². The Morgan fingerprint density at radius 2 is 0.403 bits per heavy atom. The van der Waals surface area contributed by atoms with Crippen LogP contribution in [0.3, 0.4) is 0 Å². The zero-order valence-electron chi connectivity index (χ0n) is 39.5. The van der Waals surface area contributed by atoms with Gasteiger partial charge in [-0.15, -0.1) is 0 Å². The highest BCUT2D eigenvalue weighted by Crippen LogP contribution is 2.49. The lowest BCUT2D eigenvalue weighted by molar-refractivity contribution is 1.18. The fraction of sp³-hybridized carbons (Fsp3) is 0. The summed E-state index contributed by atoms with van der Waals surface area (Å²) in [5.74, 6) is 0.681. The van der Waals surface area contributed by atoms with Gasteiger partial charge in [0.15, 0.2) is 5.82 Å². The van der Waals surface area contributed by atoms with E-state index in [1.807, 2.05) is 12.1 Å². The van der Waals surface area contributed by atoms with Crippen molar-refractivity contribution in [2.45, 2.75) is 0 Å². The van der Waals surface area contributed by atoms with E-state index in [0.717, 1.165) is 106 Å². The van der Waals surface area contributed by atoms with E-state index in [9.17, 15) is 0 Å². The van der Waals surface area contributed by atoms with Crippen LogP contribution in [-0.4, -0.2) is 15.0 Å². The molecule has 3 nitrogen and oxygen atoms in total. The van der Waals surface area contributed by atoms with E-state index in [4.69, 9.17) is 15.0 Å². The smallest absolute Gasteiger partial charge is 0.160 e. The fourth-order valence-electron chi connectivity index (χ4n) is 9.70. The summed E-state index contributed by atoms with van der Waals surface area (Å²) < 4.78 is 0. The van der Waals surface area contributed by atoms with Crippen LogP contribution < -0.4 is 0 Å². The summed E-state index contributed by atoms with van der Waals surface area (Å²) in [6, 6.07) is 101. The van der Waals surface area contributed by atoms with Crippen molar-refractivity contribution in [1.82, 2.24) is 15.0 Å². The molecule has 0 aliphatic rings. The first-order valence-corrected chi connectivity index (χ1v) is 24.4. The standard InChI is InChI=1S/C69H47N3/c1-7-19-48(20-8-1)50-31-39-54(40-32-50)62-47-63(71-69(70-62)61-45-37-51(38-46-61)49-21-9-2-10-22-49)55-41-33-52(34-42-55)53-35-43-58(44-36-53)64-65(56-23-11-3-12-24-56)67(59-27-15-5-16-28-59)72-68(60-29-17-6-18-30-60)66(64)57-25-13-4-14-26-57/h1-47H. The molecule has 3 heteroatoms. The van der Waals surface area contributed by atoms with Gasteiger partial charge in [0.05, 0.1) is 22.8 Å². The highest BCUT2D eigenvalue weighted by Gasteiger charge is 2.25. The molecule has 0 atom stereocenters. The number of benzene rings is 10. The number of hydrogen-bond donors (Lipinski definition) is 0. The van der Waals surface area contributed by atoms with Crippen LogP contribution in [0.1, 0.15) is 0 Å². The van der Waals surface area contributed by atoms with Crippen molar-refractivity contribution in [3.63, 3.8) is 0 Å².